The highest BCUT2D eigenvalue weighted by Crippen LogP contribution is 2.25. The van der Waals surface area contributed by atoms with Crippen molar-refractivity contribution >= 4 is 12.4 Å². The van der Waals surface area contributed by atoms with Gasteiger partial charge in [0.25, 0.3) is 0 Å². The van der Waals surface area contributed by atoms with Crippen LogP contribution in [0.1, 0.15) is 24.9 Å². The second-order valence-corrected chi connectivity index (χ2v) is 4.24. The van der Waals surface area contributed by atoms with E-state index in [0.717, 1.165) is 25.1 Å². The monoisotopic (exact) mass is 244 g/mol. The molecule has 2 rings (SSSR count). The normalized spacial score (nSPS) is 22.8. The topological polar surface area (TPSA) is 29.3 Å². The molecule has 2 atom stereocenters. The maximum absolute atomic E-state index is 13.5. The van der Waals surface area contributed by atoms with E-state index in [4.69, 9.17) is 5.73 Å². The Morgan fingerprint density at radius 3 is 2.69 bits per heavy atom. The first-order chi connectivity index (χ1) is 7.18. The van der Waals surface area contributed by atoms with Gasteiger partial charge in [-0.2, -0.15) is 0 Å². The number of nitrogens with two attached hydrogens (primary N) is 1. The van der Waals surface area contributed by atoms with Gasteiger partial charge in [0, 0.05) is 30.7 Å². The molecule has 1 heterocycles. The zero-order valence-electron chi connectivity index (χ0n) is 9.40. The lowest BCUT2D eigenvalue weighted by atomic mass is 10.1. The lowest BCUT2D eigenvalue weighted by molar-refractivity contribution is 0.254. The van der Waals surface area contributed by atoms with Gasteiger partial charge in [-0.3, -0.25) is 4.90 Å². The van der Waals surface area contributed by atoms with E-state index in [-0.39, 0.29) is 30.3 Å². The van der Waals surface area contributed by atoms with Crippen LogP contribution in [0.4, 0.5) is 4.39 Å². The van der Waals surface area contributed by atoms with Crippen molar-refractivity contribution in [3.05, 3.63) is 35.6 Å². The lowest BCUT2D eigenvalue weighted by Gasteiger charge is -2.24. The van der Waals surface area contributed by atoms with Crippen LogP contribution in [0.2, 0.25) is 0 Å². The molecule has 1 saturated heterocycles. The molecular weight excluding hydrogens is 227 g/mol. The second-order valence-electron chi connectivity index (χ2n) is 4.24. The van der Waals surface area contributed by atoms with Gasteiger partial charge in [-0.1, -0.05) is 18.2 Å². The standard InChI is InChI=1S/C12H17FN2.ClH/c1-9(15-7-6-10(14)8-15)11-4-2-3-5-12(11)13;/h2-5,9-10H,6-8,14H2,1H3;1H/t9?,10-;/m1./s1. The molecule has 90 valence electrons. The Hall–Kier alpha value is -0.640. The Labute approximate surface area is 102 Å². The highest BCUT2D eigenvalue weighted by molar-refractivity contribution is 5.85. The van der Waals surface area contributed by atoms with Gasteiger partial charge in [-0.25, -0.2) is 4.39 Å². The molecule has 16 heavy (non-hydrogen) atoms. The average molecular weight is 245 g/mol. The highest BCUT2D eigenvalue weighted by atomic mass is 35.5. The summed E-state index contributed by atoms with van der Waals surface area (Å²) in [4.78, 5) is 2.24. The third kappa shape index (κ3) is 2.73. The first kappa shape index (κ1) is 13.4. The van der Waals surface area contributed by atoms with Gasteiger partial charge in [-0.15, -0.1) is 12.4 Å². The molecule has 1 aliphatic rings. The molecule has 0 aromatic heterocycles. The molecule has 0 spiro atoms. The Morgan fingerprint density at radius 1 is 1.44 bits per heavy atom. The third-order valence-electron chi connectivity index (χ3n) is 3.16. The summed E-state index contributed by atoms with van der Waals surface area (Å²) in [6.45, 7) is 3.88. The summed E-state index contributed by atoms with van der Waals surface area (Å²) in [5.41, 5.74) is 6.61. The molecule has 0 aliphatic carbocycles. The van der Waals surface area contributed by atoms with Crippen molar-refractivity contribution in [1.29, 1.82) is 0 Å². The molecular formula is C12H18ClFN2. The molecule has 1 unspecified atom stereocenters. The van der Waals surface area contributed by atoms with E-state index < -0.39 is 0 Å². The van der Waals surface area contributed by atoms with E-state index in [9.17, 15) is 4.39 Å². The molecule has 1 fully saturated rings. The molecule has 1 aliphatic heterocycles. The summed E-state index contributed by atoms with van der Waals surface area (Å²) >= 11 is 0. The maximum atomic E-state index is 13.5. The van der Waals surface area contributed by atoms with Gasteiger partial charge in [-0.05, 0) is 19.4 Å². The molecule has 0 amide bonds. The molecule has 0 saturated carbocycles. The van der Waals surface area contributed by atoms with Crippen LogP contribution < -0.4 is 5.73 Å². The van der Waals surface area contributed by atoms with Crippen molar-refractivity contribution in [2.45, 2.75) is 25.4 Å². The fourth-order valence-corrected chi connectivity index (χ4v) is 2.18. The Kier molecular flexibility index (Phi) is 4.71. The predicted molar refractivity (Wildman–Crippen MR) is 66.2 cm³/mol. The summed E-state index contributed by atoms with van der Waals surface area (Å²) in [6, 6.07) is 7.34. The van der Waals surface area contributed by atoms with Crippen LogP contribution in [0, 0.1) is 5.82 Å². The molecule has 0 bridgehead atoms. The van der Waals surface area contributed by atoms with Crippen LogP contribution >= 0.6 is 12.4 Å². The number of hydrogen-bond acceptors (Lipinski definition) is 2. The van der Waals surface area contributed by atoms with Crippen molar-refractivity contribution < 1.29 is 4.39 Å². The van der Waals surface area contributed by atoms with Crippen molar-refractivity contribution in [2.75, 3.05) is 13.1 Å². The van der Waals surface area contributed by atoms with Crippen molar-refractivity contribution in [3.8, 4) is 0 Å². The van der Waals surface area contributed by atoms with Crippen LogP contribution in [0.15, 0.2) is 24.3 Å². The second kappa shape index (κ2) is 5.62. The average Bonchev–Trinajstić information content (AvgIpc) is 2.65. The van der Waals surface area contributed by atoms with E-state index in [0.29, 0.717) is 0 Å². The fraction of sp³-hybridized carbons (Fsp3) is 0.500. The molecule has 2 N–H and O–H groups in total. The molecule has 2 nitrogen and oxygen atoms in total. The van der Waals surface area contributed by atoms with Gasteiger partial charge >= 0.3 is 0 Å². The van der Waals surface area contributed by atoms with Gasteiger partial charge in [0.2, 0.25) is 0 Å². The van der Waals surface area contributed by atoms with E-state index in [2.05, 4.69) is 4.90 Å². The van der Waals surface area contributed by atoms with E-state index in [1.807, 2.05) is 19.1 Å². The zero-order chi connectivity index (χ0) is 10.8. The minimum Gasteiger partial charge on any atom is -0.326 e. The van der Waals surface area contributed by atoms with Gasteiger partial charge in [0.1, 0.15) is 5.82 Å². The Balaban J connectivity index is 0.00000128. The van der Waals surface area contributed by atoms with Crippen molar-refractivity contribution in [1.82, 2.24) is 4.90 Å². The summed E-state index contributed by atoms with van der Waals surface area (Å²) in [5.74, 6) is -0.120. The van der Waals surface area contributed by atoms with Crippen LogP contribution in [0.5, 0.6) is 0 Å². The maximum Gasteiger partial charge on any atom is 0.127 e. The number of benzene rings is 1. The van der Waals surface area contributed by atoms with Crippen LogP contribution in [0.3, 0.4) is 0 Å². The minimum absolute atomic E-state index is 0. The number of likely N-dealkylation sites (tertiary alicyclic amines) is 1. The Bertz CT molecular complexity index is 346. The van der Waals surface area contributed by atoms with Gasteiger partial charge in [0.05, 0.1) is 0 Å². The first-order valence-corrected chi connectivity index (χ1v) is 5.42. The largest absolute Gasteiger partial charge is 0.326 e. The van der Waals surface area contributed by atoms with E-state index >= 15 is 0 Å². The summed E-state index contributed by atoms with van der Waals surface area (Å²) < 4.78 is 13.5. The number of rotatable bonds is 2. The Morgan fingerprint density at radius 2 is 2.12 bits per heavy atom. The zero-order valence-corrected chi connectivity index (χ0v) is 10.2. The number of halogens is 2. The van der Waals surface area contributed by atoms with Crippen LogP contribution in [-0.2, 0) is 0 Å². The van der Waals surface area contributed by atoms with Gasteiger partial charge < -0.3 is 5.73 Å². The predicted octanol–water partition coefficient (Wildman–Crippen LogP) is 2.34. The highest BCUT2D eigenvalue weighted by Gasteiger charge is 2.25. The number of nitrogens with zero attached hydrogens (tertiary/aromatic N) is 1. The van der Waals surface area contributed by atoms with Crippen molar-refractivity contribution in [3.63, 3.8) is 0 Å². The van der Waals surface area contributed by atoms with Crippen LogP contribution in [-0.4, -0.2) is 24.0 Å². The van der Waals surface area contributed by atoms with Crippen molar-refractivity contribution in [2.24, 2.45) is 5.73 Å². The molecule has 4 heteroatoms. The molecule has 1 aromatic carbocycles. The smallest absolute Gasteiger partial charge is 0.127 e. The first-order valence-electron chi connectivity index (χ1n) is 5.42. The minimum atomic E-state index is -0.120. The third-order valence-corrected chi connectivity index (χ3v) is 3.16. The van der Waals surface area contributed by atoms with Crippen LogP contribution in [0.25, 0.3) is 0 Å². The summed E-state index contributed by atoms with van der Waals surface area (Å²) in [6.07, 6.45) is 1.01. The summed E-state index contributed by atoms with van der Waals surface area (Å²) in [5, 5.41) is 0. The van der Waals surface area contributed by atoms with Gasteiger partial charge in [0.15, 0.2) is 0 Å². The fourth-order valence-electron chi connectivity index (χ4n) is 2.18. The van der Waals surface area contributed by atoms with E-state index in [1.54, 1.807) is 6.07 Å². The molecule has 0 radical (unpaired) electrons. The molecule has 1 aromatic rings. The summed E-state index contributed by atoms with van der Waals surface area (Å²) in [7, 11) is 0. The SMILES string of the molecule is CC(c1ccccc1F)N1CC[C@@H](N)C1.Cl. The lowest BCUT2D eigenvalue weighted by Crippen LogP contribution is -2.29. The van der Waals surface area contributed by atoms with E-state index in [1.165, 1.54) is 6.07 Å². The quantitative estimate of drug-likeness (QED) is 0.865. The number of hydrogen-bond donors (Lipinski definition) is 1.